The van der Waals surface area contributed by atoms with Gasteiger partial charge >= 0.3 is 0 Å². The number of phenols is 1. The molecule has 0 heterocycles. The standard InChI is InChI=1S/C17H19NO3/c1-18(2)11-13-9-14(15(19)10-16(13)21-3)17(20)12-7-5-4-6-8-12/h4-10,19H,11H2,1-3H3. The van der Waals surface area contributed by atoms with E-state index in [0.29, 0.717) is 23.4 Å². The van der Waals surface area contributed by atoms with Crippen molar-refractivity contribution in [3.05, 3.63) is 59.2 Å². The summed E-state index contributed by atoms with van der Waals surface area (Å²) >= 11 is 0. The number of rotatable bonds is 5. The van der Waals surface area contributed by atoms with E-state index in [9.17, 15) is 9.90 Å². The Hall–Kier alpha value is -2.33. The first-order valence-corrected chi connectivity index (χ1v) is 6.67. The third-order valence-corrected chi connectivity index (χ3v) is 3.17. The minimum atomic E-state index is -0.198. The van der Waals surface area contributed by atoms with E-state index in [1.807, 2.05) is 25.1 Å². The van der Waals surface area contributed by atoms with Crippen LogP contribution in [0.4, 0.5) is 0 Å². The Morgan fingerprint density at radius 2 is 1.86 bits per heavy atom. The summed E-state index contributed by atoms with van der Waals surface area (Å²) in [5.74, 6) is 0.310. The zero-order valence-corrected chi connectivity index (χ0v) is 12.5. The van der Waals surface area contributed by atoms with Crippen LogP contribution in [0.5, 0.6) is 11.5 Å². The number of aromatic hydroxyl groups is 1. The van der Waals surface area contributed by atoms with Gasteiger partial charge in [-0.25, -0.2) is 0 Å². The van der Waals surface area contributed by atoms with Crippen molar-refractivity contribution in [2.24, 2.45) is 0 Å². The molecular formula is C17H19NO3. The van der Waals surface area contributed by atoms with Crippen molar-refractivity contribution >= 4 is 5.78 Å². The molecule has 0 amide bonds. The van der Waals surface area contributed by atoms with Gasteiger partial charge in [0.1, 0.15) is 11.5 Å². The smallest absolute Gasteiger partial charge is 0.196 e. The molecule has 0 saturated carbocycles. The van der Waals surface area contributed by atoms with Crippen LogP contribution in [0.25, 0.3) is 0 Å². The van der Waals surface area contributed by atoms with E-state index in [2.05, 4.69) is 0 Å². The SMILES string of the molecule is COc1cc(O)c(C(=O)c2ccccc2)cc1CN(C)C. The van der Waals surface area contributed by atoms with E-state index >= 15 is 0 Å². The van der Waals surface area contributed by atoms with E-state index in [1.165, 1.54) is 6.07 Å². The molecule has 0 aromatic heterocycles. The second-order valence-corrected chi connectivity index (χ2v) is 5.11. The lowest BCUT2D eigenvalue weighted by Crippen LogP contribution is -2.13. The van der Waals surface area contributed by atoms with Crippen LogP contribution in [-0.4, -0.2) is 37.0 Å². The molecule has 2 aromatic carbocycles. The molecule has 1 N–H and O–H groups in total. The highest BCUT2D eigenvalue weighted by molar-refractivity contribution is 6.10. The number of carbonyl (C=O) groups is 1. The molecule has 2 rings (SSSR count). The summed E-state index contributed by atoms with van der Waals surface area (Å²) in [5, 5.41) is 10.1. The number of methoxy groups -OCH3 is 1. The molecule has 0 saturated heterocycles. The lowest BCUT2D eigenvalue weighted by molar-refractivity contribution is 0.103. The van der Waals surface area contributed by atoms with Crippen LogP contribution in [-0.2, 0) is 6.54 Å². The molecule has 21 heavy (non-hydrogen) atoms. The zero-order chi connectivity index (χ0) is 15.4. The summed E-state index contributed by atoms with van der Waals surface area (Å²) in [5.41, 5.74) is 1.70. The summed E-state index contributed by atoms with van der Waals surface area (Å²) in [6, 6.07) is 12.1. The molecule has 0 radical (unpaired) electrons. The molecule has 0 atom stereocenters. The van der Waals surface area contributed by atoms with Gasteiger partial charge in [0.15, 0.2) is 5.78 Å². The summed E-state index contributed by atoms with van der Waals surface area (Å²) in [4.78, 5) is 14.5. The van der Waals surface area contributed by atoms with Gasteiger partial charge in [-0.1, -0.05) is 30.3 Å². The van der Waals surface area contributed by atoms with Crippen LogP contribution in [0, 0.1) is 0 Å². The number of ketones is 1. The molecule has 0 aliphatic heterocycles. The number of carbonyl (C=O) groups excluding carboxylic acids is 1. The first-order chi connectivity index (χ1) is 10.0. The van der Waals surface area contributed by atoms with Crippen molar-refractivity contribution in [2.45, 2.75) is 6.54 Å². The van der Waals surface area contributed by atoms with Gasteiger partial charge in [-0.05, 0) is 20.2 Å². The van der Waals surface area contributed by atoms with Crippen molar-refractivity contribution in [2.75, 3.05) is 21.2 Å². The number of hydrogen-bond acceptors (Lipinski definition) is 4. The normalized spacial score (nSPS) is 10.7. The number of phenolic OH excluding ortho intramolecular Hbond substituents is 1. The Morgan fingerprint density at radius 3 is 2.43 bits per heavy atom. The van der Waals surface area contributed by atoms with E-state index in [0.717, 1.165) is 5.56 Å². The molecular weight excluding hydrogens is 266 g/mol. The third kappa shape index (κ3) is 3.41. The van der Waals surface area contributed by atoms with E-state index in [1.54, 1.807) is 37.4 Å². The van der Waals surface area contributed by atoms with Crippen molar-refractivity contribution in [3.8, 4) is 11.5 Å². The number of nitrogens with zero attached hydrogens (tertiary/aromatic N) is 1. The molecule has 0 bridgehead atoms. The van der Waals surface area contributed by atoms with Gasteiger partial charge in [-0.15, -0.1) is 0 Å². The molecule has 0 aliphatic carbocycles. The third-order valence-electron chi connectivity index (χ3n) is 3.17. The molecule has 0 fully saturated rings. The Bertz CT molecular complexity index is 636. The topological polar surface area (TPSA) is 49.8 Å². The number of benzene rings is 2. The minimum absolute atomic E-state index is 0.0665. The second kappa shape index (κ2) is 6.41. The monoisotopic (exact) mass is 285 g/mol. The molecule has 4 nitrogen and oxygen atoms in total. The Kier molecular flexibility index (Phi) is 4.60. The average molecular weight is 285 g/mol. The van der Waals surface area contributed by atoms with Crippen molar-refractivity contribution in [3.63, 3.8) is 0 Å². The van der Waals surface area contributed by atoms with Crippen molar-refractivity contribution < 1.29 is 14.6 Å². The van der Waals surface area contributed by atoms with Gasteiger partial charge < -0.3 is 14.7 Å². The van der Waals surface area contributed by atoms with Crippen molar-refractivity contribution in [1.29, 1.82) is 0 Å². The van der Waals surface area contributed by atoms with E-state index < -0.39 is 0 Å². The highest BCUT2D eigenvalue weighted by Crippen LogP contribution is 2.30. The first kappa shape index (κ1) is 15.1. The van der Waals surface area contributed by atoms with Gasteiger partial charge in [0.25, 0.3) is 0 Å². The quantitative estimate of drug-likeness (QED) is 0.858. The number of ether oxygens (including phenoxy) is 1. The van der Waals surface area contributed by atoms with Gasteiger partial charge in [-0.3, -0.25) is 4.79 Å². The molecule has 0 unspecified atom stereocenters. The predicted octanol–water partition coefficient (Wildman–Crippen LogP) is 2.69. The molecule has 0 aliphatic rings. The highest BCUT2D eigenvalue weighted by Gasteiger charge is 2.17. The van der Waals surface area contributed by atoms with Gasteiger partial charge in [-0.2, -0.15) is 0 Å². The zero-order valence-electron chi connectivity index (χ0n) is 12.5. The fourth-order valence-electron chi connectivity index (χ4n) is 2.20. The lowest BCUT2D eigenvalue weighted by atomic mass is 9.99. The van der Waals surface area contributed by atoms with Crippen LogP contribution in [0.3, 0.4) is 0 Å². The van der Waals surface area contributed by atoms with Crippen LogP contribution in [0.15, 0.2) is 42.5 Å². The lowest BCUT2D eigenvalue weighted by Gasteiger charge is -2.15. The summed E-state index contributed by atoms with van der Waals surface area (Å²) in [7, 11) is 5.42. The fourth-order valence-corrected chi connectivity index (χ4v) is 2.20. The average Bonchev–Trinajstić information content (AvgIpc) is 2.48. The van der Waals surface area contributed by atoms with Gasteiger partial charge in [0, 0.05) is 23.7 Å². The van der Waals surface area contributed by atoms with Crippen LogP contribution < -0.4 is 4.74 Å². The van der Waals surface area contributed by atoms with Crippen LogP contribution in [0.2, 0.25) is 0 Å². The maximum Gasteiger partial charge on any atom is 0.196 e. The van der Waals surface area contributed by atoms with Gasteiger partial charge in [0.2, 0.25) is 0 Å². The van der Waals surface area contributed by atoms with E-state index in [4.69, 9.17) is 4.74 Å². The Morgan fingerprint density at radius 1 is 1.19 bits per heavy atom. The van der Waals surface area contributed by atoms with E-state index in [-0.39, 0.29) is 11.5 Å². The second-order valence-electron chi connectivity index (χ2n) is 5.11. The Labute approximate surface area is 124 Å². The van der Waals surface area contributed by atoms with Crippen LogP contribution >= 0.6 is 0 Å². The highest BCUT2D eigenvalue weighted by atomic mass is 16.5. The summed E-state index contributed by atoms with van der Waals surface area (Å²) < 4.78 is 5.27. The van der Waals surface area contributed by atoms with Gasteiger partial charge in [0.05, 0.1) is 12.7 Å². The van der Waals surface area contributed by atoms with Crippen LogP contribution in [0.1, 0.15) is 21.5 Å². The minimum Gasteiger partial charge on any atom is -0.507 e. The molecule has 4 heteroatoms. The summed E-state index contributed by atoms with van der Waals surface area (Å²) in [6.45, 7) is 0.624. The number of hydrogen-bond donors (Lipinski definition) is 1. The molecule has 0 spiro atoms. The Balaban J connectivity index is 2.46. The molecule has 2 aromatic rings. The van der Waals surface area contributed by atoms with Crippen molar-refractivity contribution in [1.82, 2.24) is 4.90 Å². The maximum absolute atomic E-state index is 12.5. The largest absolute Gasteiger partial charge is 0.507 e. The maximum atomic E-state index is 12.5. The first-order valence-electron chi connectivity index (χ1n) is 6.67. The molecule has 110 valence electrons. The summed E-state index contributed by atoms with van der Waals surface area (Å²) in [6.07, 6.45) is 0. The predicted molar refractivity (Wildman–Crippen MR) is 81.9 cm³/mol. The fraction of sp³-hybridized carbons (Fsp3) is 0.235.